The molecule has 0 saturated carbocycles. The third kappa shape index (κ3) is 2.94. The first-order valence-corrected chi connectivity index (χ1v) is 5.94. The lowest BCUT2D eigenvalue weighted by Crippen LogP contribution is -2.47. The molecule has 18 heavy (non-hydrogen) atoms. The summed E-state index contributed by atoms with van der Waals surface area (Å²) < 4.78 is 5.24. The molecule has 0 fully saturated rings. The Morgan fingerprint density at radius 3 is 2.61 bits per heavy atom. The Kier molecular flexibility index (Phi) is 4.59. The largest absolute Gasteiger partial charge is 0.496 e. The third-order valence-electron chi connectivity index (χ3n) is 3.17. The van der Waals surface area contributed by atoms with Crippen LogP contribution in [-0.4, -0.2) is 35.7 Å². The van der Waals surface area contributed by atoms with E-state index in [-0.39, 0.29) is 0 Å². The summed E-state index contributed by atoms with van der Waals surface area (Å²) in [6.45, 7) is 3.71. The van der Waals surface area contributed by atoms with Gasteiger partial charge in [0.1, 0.15) is 11.3 Å². The summed E-state index contributed by atoms with van der Waals surface area (Å²) in [5.74, 6) is -0.216. The number of rotatable bonds is 5. The highest BCUT2D eigenvalue weighted by Crippen LogP contribution is 2.29. The Morgan fingerprint density at radius 2 is 2.11 bits per heavy atom. The maximum Gasteiger partial charge on any atom is 0.323 e. The van der Waals surface area contributed by atoms with Crippen LogP contribution in [0.5, 0.6) is 5.75 Å². The third-order valence-corrected chi connectivity index (χ3v) is 3.52. The Balaban J connectivity index is 3.01. The van der Waals surface area contributed by atoms with Crippen molar-refractivity contribution in [2.24, 2.45) is 0 Å². The van der Waals surface area contributed by atoms with Gasteiger partial charge in [0.15, 0.2) is 0 Å². The van der Waals surface area contributed by atoms with Crippen LogP contribution in [0.2, 0.25) is 5.02 Å². The van der Waals surface area contributed by atoms with Crippen LogP contribution in [0.3, 0.4) is 0 Å². The first-order valence-electron chi connectivity index (χ1n) is 5.56. The molecular formula is C13H18ClNO3. The van der Waals surface area contributed by atoms with Crippen LogP contribution in [0.25, 0.3) is 0 Å². The maximum atomic E-state index is 11.2. The number of carboxylic acids is 1. The second kappa shape index (κ2) is 5.59. The smallest absolute Gasteiger partial charge is 0.323 e. The standard InChI is InChI=1S/C13H18ClNO3/c1-13(2,12(16)17)15(3)8-9-10(14)6-5-7-11(9)18-4/h5-7H,8H2,1-4H3,(H,16,17). The Bertz CT molecular complexity index is 446. The van der Waals surface area contributed by atoms with Crippen molar-refractivity contribution in [1.29, 1.82) is 0 Å². The Hall–Kier alpha value is -1.26. The van der Waals surface area contributed by atoms with E-state index in [2.05, 4.69) is 0 Å². The number of aliphatic carboxylic acids is 1. The van der Waals surface area contributed by atoms with Gasteiger partial charge in [-0.15, -0.1) is 0 Å². The Labute approximate surface area is 112 Å². The fourth-order valence-electron chi connectivity index (χ4n) is 1.48. The molecule has 0 radical (unpaired) electrons. The normalized spacial score (nSPS) is 11.7. The van der Waals surface area contributed by atoms with Gasteiger partial charge in [-0.3, -0.25) is 9.69 Å². The summed E-state index contributed by atoms with van der Waals surface area (Å²) >= 11 is 6.13. The zero-order chi connectivity index (χ0) is 13.9. The molecule has 0 saturated heterocycles. The van der Waals surface area contributed by atoms with Crippen LogP contribution in [0.1, 0.15) is 19.4 Å². The molecule has 1 aromatic carbocycles. The fraction of sp³-hybridized carbons (Fsp3) is 0.462. The van der Waals surface area contributed by atoms with Gasteiger partial charge in [0.2, 0.25) is 0 Å². The fourth-order valence-corrected chi connectivity index (χ4v) is 1.71. The second-order valence-electron chi connectivity index (χ2n) is 4.64. The predicted octanol–water partition coefficient (Wildman–Crippen LogP) is 2.64. The van der Waals surface area contributed by atoms with E-state index in [1.807, 2.05) is 6.07 Å². The van der Waals surface area contributed by atoms with Gasteiger partial charge in [0, 0.05) is 17.1 Å². The molecule has 0 unspecified atom stereocenters. The van der Waals surface area contributed by atoms with Gasteiger partial charge >= 0.3 is 5.97 Å². The van der Waals surface area contributed by atoms with E-state index in [0.717, 1.165) is 5.56 Å². The van der Waals surface area contributed by atoms with E-state index in [1.54, 1.807) is 45.0 Å². The summed E-state index contributed by atoms with van der Waals surface area (Å²) in [5.41, 5.74) is -0.178. The molecule has 0 aliphatic rings. The van der Waals surface area contributed by atoms with Crippen LogP contribution in [0, 0.1) is 0 Å². The SMILES string of the molecule is COc1cccc(Cl)c1CN(C)C(C)(C)C(=O)O. The quantitative estimate of drug-likeness (QED) is 0.894. The molecule has 4 nitrogen and oxygen atoms in total. The number of likely N-dealkylation sites (N-methyl/N-ethyl adjacent to an activating group) is 1. The molecule has 0 aliphatic carbocycles. The van der Waals surface area contributed by atoms with Gasteiger partial charge in [-0.2, -0.15) is 0 Å². The molecule has 1 aromatic rings. The number of carboxylic acid groups (broad SMARTS) is 1. The maximum absolute atomic E-state index is 11.2. The average molecular weight is 272 g/mol. The number of halogens is 1. The summed E-state index contributed by atoms with van der Waals surface area (Å²) in [6.07, 6.45) is 0. The summed E-state index contributed by atoms with van der Waals surface area (Å²) in [5, 5.41) is 9.75. The van der Waals surface area contributed by atoms with Gasteiger partial charge in [-0.05, 0) is 33.0 Å². The topological polar surface area (TPSA) is 49.8 Å². The molecule has 0 atom stereocenters. The molecule has 0 spiro atoms. The van der Waals surface area contributed by atoms with E-state index < -0.39 is 11.5 Å². The molecule has 0 heterocycles. The molecule has 0 amide bonds. The Morgan fingerprint density at radius 1 is 1.50 bits per heavy atom. The molecule has 5 heteroatoms. The highest BCUT2D eigenvalue weighted by Gasteiger charge is 2.32. The van der Waals surface area contributed by atoms with Gasteiger partial charge in [0.05, 0.1) is 7.11 Å². The predicted molar refractivity (Wildman–Crippen MR) is 71.2 cm³/mol. The number of hydrogen-bond acceptors (Lipinski definition) is 3. The van der Waals surface area contributed by atoms with Crippen LogP contribution >= 0.6 is 11.6 Å². The van der Waals surface area contributed by atoms with Crippen molar-refractivity contribution < 1.29 is 14.6 Å². The lowest BCUT2D eigenvalue weighted by molar-refractivity contribution is -0.148. The van der Waals surface area contributed by atoms with Crippen molar-refractivity contribution >= 4 is 17.6 Å². The van der Waals surface area contributed by atoms with Crippen molar-refractivity contribution in [3.05, 3.63) is 28.8 Å². The number of benzene rings is 1. The summed E-state index contributed by atoms with van der Waals surface area (Å²) in [4.78, 5) is 12.9. The molecular weight excluding hydrogens is 254 g/mol. The zero-order valence-corrected chi connectivity index (χ0v) is 11.8. The van der Waals surface area contributed by atoms with Crippen molar-refractivity contribution in [1.82, 2.24) is 4.90 Å². The lowest BCUT2D eigenvalue weighted by Gasteiger charge is -2.32. The van der Waals surface area contributed by atoms with Crippen molar-refractivity contribution in [2.75, 3.05) is 14.2 Å². The van der Waals surface area contributed by atoms with Crippen LogP contribution in [0.4, 0.5) is 0 Å². The van der Waals surface area contributed by atoms with E-state index in [1.165, 1.54) is 0 Å². The average Bonchev–Trinajstić information content (AvgIpc) is 2.31. The first kappa shape index (κ1) is 14.8. The first-order chi connectivity index (χ1) is 8.30. The molecule has 100 valence electrons. The molecule has 0 bridgehead atoms. The minimum atomic E-state index is -0.968. The van der Waals surface area contributed by atoms with Crippen LogP contribution < -0.4 is 4.74 Å². The van der Waals surface area contributed by atoms with Crippen LogP contribution in [0.15, 0.2) is 18.2 Å². The van der Waals surface area contributed by atoms with Gasteiger partial charge in [-0.25, -0.2) is 0 Å². The van der Waals surface area contributed by atoms with Crippen molar-refractivity contribution in [3.63, 3.8) is 0 Å². The summed E-state index contributed by atoms with van der Waals surface area (Å²) in [6, 6.07) is 5.37. The van der Waals surface area contributed by atoms with E-state index >= 15 is 0 Å². The molecule has 1 rings (SSSR count). The van der Waals surface area contributed by atoms with E-state index in [4.69, 9.17) is 16.3 Å². The van der Waals surface area contributed by atoms with Gasteiger partial charge in [0.25, 0.3) is 0 Å². The van der Waals surface area contributed by atoms with Crippen molar-refractivity contribution in [3.8, 4) is 5.75 Å². The molecule has 0 aliphatic heterocycles. The zero-order valence-electron chi connectivity index (χ0n) is 11.0. The molecule has 1 N–H and O–H groups in total. The number of hydrogen-bond donors (Lipinski definition) is 1. The minimum absolute atomic E-state index is 0.405. The minimum Gasteiger partial charge on any atom is -0.496 e. The van der Waals surface area contributed by atoms with E-state index in [0.29, 0.717) is 17.3 Å². The number of methoxy groups -OCH3 is 1. The van der Waals surface area contributed by atoms with Gasteiger partial charge in [-0.1, -0.05) is 17.7 Å². The van der Waals surface area contributed by atoms with E-state index in [9.17, 15) is 9.90 Å². The number of carbonyl (C=O) groups is 1. The van der Waals surface area contributed by atoms with Crippen molar-refractivity contribution in [2.45, 2.75) is 25.9 Å². The highest BCUT2D eigenvalue weighted by atomic mass is 35.5. The van der Waals surface area contributed by atoms with Gasteiger partial charge < -0.3 is 9.84 Å². The lowest BCUT2D eigenvalue weighted by atomic mass is 10.0. The second-order valence-corrected chi connectivity index (χ2v) is 5.05. The highest BCUT2D eigenvalue weighted by molar-refractivity contribution is 6.31. The summed E-state index contributed by atoms with van der Waals surface area (Å²) in [7, 11) is 3.31. The monoisotopic (exact) mass is 271 g/mol. The number of nitrogens with zero attached hydrogens (tertiary/aromatic N) is 1. The molecule has 0 aromatic heterocycles. The number of ether oxygens (including phenoxy) is 1. The van der Waals surface area contributed by atoms with Crippen LogP contribution in [-0.2, 0) is 11.3 Å².